The van der Waals surface area contributed by atoms with Crippen LogP contribution in [0.25, 0.3) is 0 Å². The zero-order chi connectivity index (χ0) is 17.4. The molecule has 1 aliphatic heterocycles. The van der Waals surface area contributed by atoms with Gasteiger partial charge in [-0.25, -0.2) is 0 Å². The summed E-state index contributed by atoms with van der Waals surface area (Å²) in [6.45, 7) is 15.8. The van der Waals surface area contributed by atoms with Gasteiger partial charge < -0.3 is 16.5 Å². The van der Waals surface area contributed by atoms with Crippen LogP contribution >= 0.6 is 0 Å². The second-order valence-electron chi connectivity index (χ2n) is 8.44. The summed E-state index contributed by atoms with van der Waals surface area (Å²) in [6, 6.07) is 0. The SMILES string of the molecule is C[Si]1(C)O[Si](C)(C)O[Si](C)(NCC2CCCCC2)O[Si](C)(C)O1. The average Bonchev–Trinajstić information content (AvgIpc) is 2.31. The van der Waals surface area contributed by atoms with Crippen molar-refractivity contribution in [2.45, 2.75) is 77.9 Å². The first-order chi connectivity index (χ1) is 10.4. The van der Waals surface area contributed by atoms with E-state index < -0.39 is 34.4 Å². The average molecular weight is 394 g/mol. The Bertz CT molecular complexity index is 392. The first-order valence-corrected chi connectivity index (χ1v) is 19.7. The Labute approximate surface area is 146 Å². The van der Waals surface area contributed by atoms with Crippen molar-refractivity contribution in [1.82, 2.24) is 4.98 Å². The predicted octanol–water partition coefficient (Wildman–Crippen LogP) is 3.91. The topological polar surface area (TPSA) is 49.0 Å². The molecule has 0 atom stereocenters. The van der Waals surface area contributed by atoms with Crippen molar-refractivity contribution in [2.75, 3.05) is 6.54 Å². The van der Waals surface area contributed by atoms with Crippen LogP contribution in [-0.4, -0.2) is 41.0 Å². The maximum absolute atomic E-state index is 6.54. The lowest BCUT2D eigenvalue weighted by molar-refractivity contribution is 0.222. The van der Waals surface area contributed by atoms with Gasteiger partial charge in [-0.1, -0.05) is 19.3 Å². The van der Waals surface area contributed by atoms with Crippen LogP contribution in [0.4, 0.5) is 0 Å². The molecule has 136 valence electrons. The van der Waals surface area contributed by atoms with Gasteiger partial charge in [0.25, 0.3) is 0 Å². The van der Waals surface area contributed by atoms with E-state index in [1.807, 2.05) is 0 Å². The molecule has 0 unspecified atom stereocenters. The van der Waals surface area contributed by atoms with Crippen LogP contribution in [0.1, 0.15) is 32.1 Å². The fraction of sp³-hybridized carbons (Fsp3) is 1.00. The minimum Gasteiger partial charge on any atom is -0.416 e. The van der Waals surface area contributed by atoms with Gasteiger partial charge in [0.1, 0.15) is 0 Å². The summed E-state index contributed by atoms with van der Waals surface area (Å²) in [4.78, 5) is 3.69. The van der Waals surface area contributed by atoms with Crippen molar-refractivity contribution in [3.05, 3.63) is 0 Å². The highest BCUT2D eigenvalue weighted by molar-refractivity contribution is 6.92. The van der Waals surface area contributed by atoms with E-state index in [2.05, 4.69) is 50.8 Å². The third-order valence-electron chi connectivity index (χ3n) is 4.30. The monoisotopic (exact) mass is 393 g/mol. The van der Waals surface area contributed by atoms with Crippen LogP contribution in [0.3, 0.4) is 0 Å². The Hall–Kier alpha value is 0.668. The molecule has 0 spiro atoms. The molecular formula is C14H35NO4Si4. The molecule has 1 heterocycles. The summed E-state index contributed by atoms with van der Waals surface area (Å²) in [6.07, 6.45) is 6.76. The molecule has 0 aromatic heterocycles. The zero-order valence-corrected chi connectivity index (χ0v) is 20.0. The van der Waals surface area contributed by atoms with Gasteiger partial charge in [-0.2, -0.15) is 0 Å². The molecule has 0 aromatic carbocycles. The summed E-state index contributed by atoms with van der Waals surface area (Å²) in [5.41, 5.74) is 0. The van der Waals surface area contributed by atoms with E-state index in [1.165, 1.54) is 32.1 Å². The van der Waals surface area contributed by atoms with Crippen LogP contribution in [0.15, 0.2) is 0 Å². The van der Waals surface area contributed by atoms with Crippen molar-refractivity contribution < 1.29 is 16.5 Å². The first-order valence-electron chi connectivity index (χ1n) is 8.96. The lowest BCUT2D eigenvalue weighted by Crippen LogP contribution is -2.70. The van der Waals surface area contributed by atoms with E-state index in [9.17, 15) is 0 Å². The fourth-order valence-corrected chi connectivity index (χ4v) is 24.4. The Morgan fingerprint density at radius 1 is 0.696 bits per heavy atom. The first kappa shape index (κ1) is 20.0. The number of hydrogen-bond acceptors (Lipinski definition) is 5. The molecular weight excluding hydrogens is 359 g/mol. The highest BCUT2D eigenvalue weighted by atomic mass is 28.5. The van der Waals surface area contributed by atoms with Crippen molar-refractivity contribution in [3.63, 3.8) is 0 Å². The van der Waals surface area contributed by atoms with Gasteiger partial charge in [0.05, 0.1) is 0 Å². The molecule has 5 nitrogen and oxygen atoms in total. The van der Waals surface area contributed by atoms with E-state index in [0.717, 1.165) is 12.5 Å². The molecule has 0 aromatic rings. The summed E-state index contributed by atoms with van der Waals surface area (Å²) in [5.74, 6) is 0.757. The third-order valence-corrected chi connectivity index (χ3v) is 20.1. The summed E-state index contributed by atoms with van der Waals surface area (Å²) < 4.78 is 25.8. The molecule has 1 N–H and O–H groups in total. The molecule has 2 aliphatic rings. The van der Waals surface area contributed by atoms with Crippen LogP contribution in [0, 0.1) is 5.92 Å². The third kappa shape index (κ3) is 6.48. The molecule has 2 fully saturated rings. The second-order valence-corrected chi connectivity index (χ2v) is 22.3. The highest BCUT2D eigenvalue weighted by Gasteiger charge is 2.52. The highest BCUT2D eigenvalue weighted by Crippen LogP contribution is 2.30. The van der Waals surface area contributed by atoms with Gasteiger partial charge in [-0.3, -0.25) is 4.98 Å². The van der Waals surface area contributed by atoms with Gasteiger partial charge in [0.15, 0.2) is 0 Å². The van der Waals surface area contributed by atoms with Crippen molar-refractivity contribution in [1.29, 1.82) is 0 Å². The van der Waals surface area contributed by atoms with Crippen molar-refractivity contribution in [3.8, 4) is 0 Å². The molecule has 2 rings (SSSR count). The number of nitrogens with one attached hydrogen (secondary N) is 1. The van der Waals surface area contributed by atoms with E-state index in [4.69, 9.17) is 16.5 Å². The van der Waals surface area contributed by atoms with Gasteiger partial charge >= 0.3 is 34.4 Å². The Morgan fingerprint density at radius 3 is 1.61 bits per heavy atom. The van der Waals surface area contributed by atoms with Crippen LogP contribution in [-0.2, 0) is 16.5 Å². The summed E-state index contributed by atoms with van der Waals surface area (Å²) in [5, 5.41) is 0. The Morgan fingerprint density at radius 2 is 1.13 bits per heavy atom. The van der Waals surface area contributed by atoms with Gasteiger partial charge in [-0.15, -0.1) is 0 Å². The molecule has 23 heavy (non-hydrogen) atoms. The van der Waals surface area contributed by atoms with E-state index >= 15 is 0 Å². The lowest BCUT2D eigenvalue weighted by Gasteiger charge is -2.47. The van der Waals surface area contributed by atoms with Gasteiger partial charge in [0, 0.05) is 0 Å². The van der Waals surface area contributed by atoms with E-state index in [-0.39, 0.29) is 0 Å². The van der Waals surface area contributed by atoms with Gasteiger partial charge in [-0.05, 0) is 71.1 Å². The number of rotatable bonds is 3. The van der Waals surface area contributed by atoms with E-state index in [0.29, 0.717) is 0 Å². The molecule has 0 bridgehead atoms. The molecule has 1 saturated carbocycles. The zero-order valence-electron chi connectivity index (χ0n) is 16.0. The van der Waals surface area contributed by atoms with Crippen molar-refractivity contribution in [2.24, 2.45) is 5.92 Å². The van der Waals surface area contributed by atoms with E-state index in [1.54, 1.807) is 0 Å². The van der Waals surface area contributed by atoms with Crippen molar-refractivity contribution >= 4 is 34.4 Å². The minimum absolute atomic E-state index is 0.757. The fourth-order valence-electron chi connectivity index (χ4n) is 4.00. The van der Waals surface area contributed by atoms with Crippen LogP contribution in [0.2, 0.25) is 45.8 Å². The maximum Gasteiger partial charge on any atom is 0.404 e. The minimum atomic E-state index is -2.49. The Balaban J connectivity index is 2.07. The van der Waals surface area contributed by atoms with Crippen LogP contribution < -0.4 is 4.98 Å². The van der Waals surface area contributed by atoms with Gasteiger partial charge in [0.2, 0.25) is 0 Å². The second kappa shape index (κ2) is 7.12. The summed E-state index contributed by atoms with van der Waals surface area (Å²) >= 11 is 0. The lowest BCUT2D eigenvalue weighted by atomic mass is 9.90. The normalized spacial score (nSPS) is 30.4. The van der Waals surface area contributed by atoms with Crippen LogP contribution in [0.5, 0.6) is 0 Å². The molecule has 0 radical (unpaired) electrons. The Kier molecular flexibility index (Phi) is 6.18. The number of hydrogen-bond donors (Lipinski definition) is 1. The quantitative estimate of drug-likeness (QED) is 0.737. The molecule has 0 amide bonds. The smallest absolute Gasteiger partial charge is 0.404 e. The predicted molar refractivity (Wildman–Crippen MR) is 103 cm³/mol. The molecule has 1 saturated heterocycles. The maximum atomic E-state index is 6.54. The largest absolute Gasteiger partial charge is 0.416 e. The molecule has 1 aliphatic carbocycles. The molecule has 9 heteroatoms. The standard InChI is InChI=1S/C14H35NO4Si4/c1-20(2)16-21(3,4)18-23(7,19-22(5,6)17-20)15-13-14-11-9-8-10-12-14/h14-15H,8-13H2,1-7H3. The summed E-state index contributed by atoms with van der Waals surface area (Å²) in [7, 11) is -9.20.